The van der Waals surface area contributed by atoms with Gasteiger partial charge in [0.05, 0.1) is 0 Å². The molecule has 1 rings (SSSR count). The molecule has 0 radical (unpaired) electrons. The number of carbonyl (C=O) groups excluding carboxylic acids is 1. The highest BCUT2D eigenvalue weighted by Gasteiger charge is 2.28. The molecular weight excluding hydrogens is 162 g/mol. The van der Waals surface area contributed by atoms with Crippen molar-refractivity contribution in [1.29, 1.82) is 0 Å². The van der Waals surface area contributed by atoms with Gasteiger partial charge in [0.25, 0.3) is 5.91 Å². The topological polar surface area (TPSA) is 20.3 Å². The van der Waals surface area contributed by atoms with Gasteiger partial charge in [0.2, 0.25) is 0 Å². The molecule has 0 aromatic rings. The zero-order valence-corrected chi connectivity index (χ0v) is 8.63. The van der Waals surface area contributed by atoms with Gasteiger partial charge in [-0.2, -0.15) is 0 Å². The van der Waals surface area contributed by atoms with Crippen LogP contribution in [0.2, 0.25) is 0 Å². The SMILES string of the molecule is C=CC1=C(CC)CN(C(C)C)C1=O. The third-order valence-corrected chi connectivity index (χ3v) is 2.49. The highest BCUT2D eigenvalue weighted by atomic mass is 16.2. The van der Waals surface area contributed by atoms with E-state index in [1.807, 2.05) is 18.7 Å². The normalized spacial score (nSPS) is 17.5. The second kappa shape index (κ2) is 3.77. The third kappa shape index (κ3) is 1.67. The monoisotopic (exact) mass is 179 g/mol. The van der Waals surface area contributed by atoms with Crippen LogP contribution < -0.4 is 0 Å². The molecule has 0 fully saturated rings. The smallest absolute Gasteiger partial charge is 0.254 e. The average molecular weight is 179 g/mol. The molecule has 0 aromatic carbocycles. The van der Waals surface area contributed by atoms with E-state index in [9.17, 15) is 4.79 Å². The fraction of sp³-hybridized carbons (Fsp3) is 0.545. The van der Waals surface area contributed by atoms with Crippen molar-refractivity contribution in [2.75, 3.05) is 6.54 Å². The van der Waals surface area contributed by atoms with Crippen molar-refractivity contribution in [1.82, 2.24) is 4.90 Å². The van der Waals surface area contributed by atoms with Crippen LogP contribution in [0.3, 0.4) is 0 Å². The van der Waals surface area contributed by atoms with Crippen molar-refractivity contribution >= 4 is 5.91 Å². The van der Waals surface area contributed by atoms with Crippen molar-refractivity contribution < 1.29 is 4.79 Å². The van der Waals surface area contributed by atoms with Crippen LogP contribution >= 0.6 is 0 Å². The Balaban J connectivity index is 2.91. The molecule has 13 heavy (non-hydrogen) atoms. The minimum absolute atomic E-state index is 0.141. The Morgan fingerprint density at radius 1 is 1.62 bits per heavy atom. The summed E-state index contributed by atoms with van der Waals surface area (Å²) < 4.78 is 0. The predicted octanol–water partition coefficient (Wildman–Crippen LogP) is 2.13. The maximum Gasteiger partial charge on any atom is 0.254 e. The minimum Gasteiger partial charge on any atom is -0.332 e. The molecule has 0 saturated heterocycles. The molecular formula is C11H17NO. The fourth-order valence-electron chi connectivity index (χ4n) is 1.62. The lowest BCUT2D eigenvalue weighted by atomic mass is 10.1. The van der Waals surface area contributed by atoms with Crippen LogP contribution in [0.5, 0.6) is 0 Å². The molecule has 1 aliphatic heterocycles. The van der Waals surface area contributed by atoms with Gasteiger partial charge in [-0.05, 0) is 25.8 Å². The lowest BCUT2D eigenvalue weighted by Crippen LogP contribution is -2.33. The first-order valence-corrected chi connectivity index (χ1v) is 4.77. The molecule has 2 heteroatoms. The predicted molar refractivity (Wildman–Crippen MR) is 54.4 cm³/mol. The highest BCUT2D eigenvalue weighted by molar-refractivity contribution is 5.99. The second-order valence-electron chi connectivity index (χ2n) is 3.60. The average Bonchev–Trinajstić information content (AvgIpc) is 2.41. The van der Waals surface area contributed by atoms with Gasteiger partial charge in [-0.1, -0.05) is 19.6 Å². The molecule has 72 valence electrons. The van der Waals surface area contributed by atoms with Crippen molar-refractivity contribution in [3.8, 4) is 0 Å². The first-order chi connectivity index (χ1) is 6.11. The quantitative estimate of drug-likeness (QED) is 0.650. The van der Waals surface area contributed by atoms with Crippen molar-refractivity contribution in [2.45, 2.75) is 33.2 Å². The van der Waals surface area contributed by atoms with Crippen LogP contribution in [0.25, 0.3) is 0 Å². The summed E-state index contributed by atoms with van der Waals surface area (Å²) in [6, 6.07) is 0.284. The zero-order chi connectivity index (χ0) is 10.0. The summed E-state index contributed by atoms with van der Waals surface area (Å²) in [7, 11) is 0. The Kier molecular flexibility index (Phi) is 2.91. The molecule has 0 bridgehead atoms. The molecule has 1 heterocycles. The van der Waals surface area contributed by atoms with E-state index >= 15 is 0 Å². The number of carbonyl (C=O) groups is 1. The zero-order valence-electron chi connectivity index (χ0n) is 8.63. The lowest BCUT2D eigenvalue weighted by Gasteiger charge is -2.21. The molecule has 0 atom stereocenters. The molecule has 0 aliphatic carbocycles. The summed E-state index contributed by atoms with van der Waals surface area (Å²) in [4.78, 5) is 13.6. The van der Waals surface area contributed by atoms with E-state index in [1.165, 1.54) is 5.57 Å². The molecule has 0 N–H and O–H groups in total. The van der Waals surface area contributed by atoms with Gasteiger partial charge in [0, 0.05) is 18.2 Å². The van der Waals surface area contributed by atoms with Gasteiger partial charge in [0.1, 0.15) is 0 Å². The van der Waals surface area contributed by atoms with Gasteiger partial charge in [-0.3, -0.25) is 4.79 Å². The summed E-state index contributed by atoms with van der Waals surface area (Å²) in [5.41, 5.74) is 2.03. The van der Waals surface area contributed by atoms with Crippen LogP contribution in [0, 0.1) is 0 Å². The van der Waals surface area contributed by atoms with E-state index in [4.69, 9.17) is 0 Å². The van der Waals surface area contributed by atoms with E-state index in [2.05, 4.69) is 13.5 Å². The van der Waals surface area contributed by atoms with Gasteiger partial charge < -0.3 is 4.90 Å². The van der Waals surface area contributed by atoms with Crippen LogP contribution in [-0.2, 0) is 4.79 Å². The Bertz CT molecular complexity index is 263. The summed E-state index contributed by atoms with van der Waals surface area (Å²) >= 11 is 0. The van der Waals surface area contributed by atoms with Gasteiger partial charge in [-0.15, -0.1) is 0 Å². The Morgan fingerprint density at radius 3 is 2.54 bits per heavy atom. The van der Waals surface area contributed by atoms with Crippen molar-refractivity contribution in [3.05, 3.63) is 23.8 Å². The number of nitrogens with zero attached hydrogens (tertiary/aromatic N) is 1. The summed E-state index contributed by atoms with van der Waals surface area (Å²) in [6.45, 7) is 10.6. The number of rotatable bonds is 3. The van der Waals surface area contributed by atoms with Crippen LogP contribution in [0.4, 0.5) is 0 Å². The maximum absolute atomic E-state index is 11.7. The first kappa shape index (κ1) is 10.0. The molecule has 0 saturated carbocycles. The summed E-state index contributed by atoms with van der Waals surface area (Å²) in [5, 5.41) is 0. The molecule has 0 spiro atoms. The number of hydrogen-bond acceptors (Lipinski definition) is 1. The van der Waals surface area contributed by atoms with Crippen LogP contribution in [-0.4, -0.2) is 23.4 Å². The minimum atomic E-state index is 0.141. The maximum atomic E-state index is 11.7. The summed E-state index contributed by atoms with van der Waals surface area (Å²) in [5.74, 6) is 0.141. The first-order valence-electron chi connectivity index (χ1n) is 4.77. The standard InChI is InChI=1S/C11H17NO/c1-5-9-7-12(8(3)4)11(13)10(9)6-2/h6,8H,2,5,7H2,1,3-4H3. The fourth-order valence-corrected chi connectivity index (χ4v) is 1.62. The molecule has 0 aromatic heterocycles. The molecule has 1 amide bonds. The van der Waals surface area contributed by atoms with Gasteiger partial charge in [-0.25, -0.2) is 0 Å². The third-order valence-electron chi connectivity index (χ3n) is 2.49. The van der Waals surface area contributed by atoms with E-state index in [-0.39, 0.29) is 11.9 Å². The molecule has 1 aliphatic rings. The van der Waals surface area contributed by atoms with E-state index in [1.54, 1.807) is 6.08 Å². The van der Waals surface area contributed by atoms with Crippen molar-refractivity contribution in [2.24, 2.45) is 0 Å². The molecule has 2 nitrogen and oxygen atoms in total. The number of amides is 1. The number of hydrogen-bond donors (Lipinski definition) is 0. The van der Waals surface area contributed by atoms with Gasteiger partial charge >= 0.3 is 0 Å². The highest BCUT2D eigenvalue weighted by Crippen LogP contribution is 2.23. The van der Waals surface area contributed by atoms with Crippen LogP contribution in [0.1, 0.15) is 27.2 Å². The Labute approximate surface area is 79.9 Å². The second-order valence-corrected chi connectivity index (χ2v) is 3.60. The molecule has 0 unspecified atom stereocenters. The van der Waals surface area contributed by atoms with E-state index < -0.39 is 0 Å². The van der Waals surface area contributed by atoms with Crippen molar-refractivity contribution in [3.63, 3.8) is 0 Å². The lowest BCUT2D eigenvalue weighted by molar-refractivity contribution is -0.126. The Hall–Kier alpha value is -1.05. The van der Waals surface area contributed by atoms with E-state index in [0.717, 1.165) is 18.5 Å². The largest absolute Gasteiger partial charge is 0.332 e. The van der Waals surface area contributed by atoms with Crippen LogP contribution in [0.15, 0.2) is 23.8 Å². The Morgan fingerprint density at radius 2 is 2.23 bits per heavy atom. The van der Waals surface area contributed by atoms with E-state index in [0.29, 0.717) is 0 Å². The van der Waals surface area contributed by atoms with Gasteiger partial charge in [0.15, 0.2) is 0 Å². The summed E-state index contributed by atoms with van der Waals surface area (Å²) in [6.07, 6.45) is 2.62.